The molecule has 0 bridgehead atoms. The van der Waals surface area contributed by atoms with Crippen LogP contribution in [-0.2, 0) is 0 Å². The summed E-state index contributed by atoms with van der Waals surface area (Å²) in [6.45, 7) is 6.17. The van der Waals surface area contributed by atoms with Crippen molar-refractivity contribution in [3.05, 3.63) is 28.3 Å². The van der Waals surface area contributed by atoms with Crippen LogP contribution in [0.3, 0.4) is 0 Å². The summed E-state index contributed by atoms with van der Waals surface area (Å²) in [5.74, 6) is 0.860. The zero-order valence-corrected chi connectivity index (χ0v) is 10.6. The van der Waals surface area contributed by atoms with Crippen LogP contribution in [0.5, 0.6) is 5.75 Å². The molecule has 1 aromatic carbocycles. The van der Waals surface area contributed by atoms with E-state index >= 15 is 0 Å². The van der Waals surface area contributed by atoms with Gasteiger partial charge in [-0.15, -0.1) is 0 Å². The van der Waals surface area contributed by atoms with E-state index in [9.17, 15) is 0 Å². The van der Waals surface area contributed by atoms with Crippen LogP contribution in [0.1, 0.15) is 24.0 Å². The lowest BCUT2D eigenvalue weighted by molar-refractivity contribution is 0.161. The summed E-state index contributed by atoms with van der Waals surface area (Å²) in [5, 5.41) is 4.06. The molecular weight excluding hydrogens is 222 g/mol. The van der Waals surface area contributed by atoms with Crippen LogP contribution in [0.4, 0.5) is 0 Å². The quantitative estimate of drug-likeness (QED) is 0.857. The van der Waals surface area contributed by atoms with Crippen molar-refractivity contribution in [2.24, 2.45) is 0 Å². The Hall–Kier alpha value is -0.730. The summed E-state index contributed by atoms with van der Waals surface area (Å²) >= 11 is 6.21. The highest BCUT2D eigenvalue weighted by atomic mass is 35.5. The maximum atomic E-state index is 6.21. The van der Waals surface area contributed by atoms with E-state index in [2.05, 4.69) is 18.3 Å². The van der Waals surface area contributed by atoms with Gasteiger partial charge in [-0.2, -0.15) is 0 Å². The summed E-state index contributed by atoms with van der Waals surface area (Å²) < 4.78 is 6.00. The highest BCUT2D eigenvalue weighted by Crippen LogP contribution is 2.31. The van der Waals surface area contributed by atoms with Gasteiger partial charge in [0.1, 0.15) is 11.9 Å². The topological polar surface area (TPSA) is 21.3 Å². The minimum Gasteiger partial charge on any atom is -0.488 e. The SMILES string of the molecule is Cc1cc(C)c(OC2CCNCC2)c(Cl)c1. The third-order valence-electron chi connectivity index (χ3n) is 2.94. The molecule has 1 fully saturated rings. The second-order valence-corrected chi connectivity index (χ2v) is 4.87. The molecule has 0 aliphatic carbocycles. The molecule has 0 atom stereocenters. The van der Waals surface area contributed by atoms with Crippen molar-refractivity contribution in [2.45, 2.75) is 32.8 Å². The highest BCUT2D eigenvalue weighted by Gasteiger charge is 2.17. The number of halogens is 1. The zero-order valence-electron chi connectivity index (χ0n) is 9.85. The first-order chi connectivity index (χ1) is 7.66. The third-order valence-corrected chi connectivity index (χ3v) is 3.23. The van der Waals surface area contributed by atoms with Crippen molar-refractivity contribution in [3.8, 4) is 5.75 Å². The number of piperidine rings is 1. The second-order valence-electron chi connectivity index (χ2n) is 4.46. The normalized spacial score (nSPS) is 17.4. The minimum atomic E-state index is 0.306. The Balaban J connectivity index is 2.14. The van der Waals surface area contributed by atoms with Crippen LogP contribution in [0.25, 0.3) is 0 Å². The second kappa shape index (κ2) is 5.07. The molecule has 0 spiro atoms. The average Bonchev–Trinajstić information content (AvgIpc) is 2.25. The standard InChI is InChI=1S/C13H18ClNO/c1-9-7-10(2)13(12(14)8-9)16-11-3-5-15-6-4-11/h7-8,11,15H,3-6H2,1-2H3. The van der Waals surface area contributed by atoms with Gasteiger partial charge in [0.25, 0.3) is 0 Å². The number of rotatable bonds is 2. The smallest absolute Gasteiger partial charge is 0.141 e. The molecule has 2 rings (SSSR count). The molecule has 16 heavy (non-hydrogen) atoms. The van der Waals surface area contributed by atoms with Crippen molar-refractivity contribution in [1.29, 1.82) is 0 Å². The Morgan fingerprint density at radius 2 is 1.94 bits per heavy atom. The van der Waals surface area contributed by atoms with Gasteiger partial charge in [-0.05, 0) is 57.0 Å². The molecule has 1 aliphatic rings. The summed E-state index contributed by atoms with van der Waals surface area (Å²) in [5.41, 5.74) is 2.31. The first-order valence-corrected chi connectivity index (χ1v) is 6.19. The summed E-state index contributed by atoms with van der Waals surface area (Å²) in [6.07, 6.45) is 2.42. The van der Waals surface area contributed by atoms with E-state index in [0.717, 1.165) is 42.3 Å². The molecule has 0 radical (unpaired) electrons. The molecule has 1 saturated heterocycles. The molecule has 1 aromatic rings. The Kier molecular flexibility index (Phi) is 3.72. The van der Waals surface area contributed by atoms with Gasteiger partial charge in [0.15, 0.2) is 0 Å². The number of hydrogen-bond donors (Lipinski definition) is 1. The van der Waals surface area contributed by atoms with Gasteiger partial charge in [0.05, 0.1) is 5.02 Å². The van der Waals surface area contributed by atoms with Crippen molar-refractivity contribution in [1.82, 2.24) is 5.32 Å². The van der Waals surface area contributed by atoms with E-state index in [-0.39, 0.29) is 0 Å². The first-order valence-electron chi connectivity index (χ1n) is 5.81. The molecule has 88 valence electrons. The van der Waals surface area contributed by atoms with Gasteiger partial charge in [0.2, 0.25) is 0 Å². The van der Waals surface area contributed by atoms with Gasteiger partial charge in [0, 0.05) is 0 Å². The Labute approximate surface area is 102 Å². The molecular formula is C13H18ClNO. The van der Waals surface area contributed by atoms with Crippen molar-refractivity contribution in [2.75, 3.05) is 13.1 Å². The number of hydrogen-bond acceptors (Lipinski definition) is 2. The van der Waals surface area contributed by atoms with E-state index in [0.29, 0.717) is 6.10 Å². The fraction of sp³-hybridized carbons (Fsp3) is 0.538. The van der Waals surface area contributed by atoms with E-state index in [1.165, 1.54) is 5.56 Å². The summed E-state index contributed by atoms with van der Waals surface area (Å²) in [6, 6.07) is 4.08. The summed E-state index contributed by atoms with van der Waals surface area (Å²) in [7, 11) is 0. The number of aryl methyl sites for hydroxylation is 2. The predicted octanol–water partition coefficient (Wildman–Crippen LogP) is 3.09. The molecule has 1 aliphatic heterocycles. The maximum Gasteiger partial charge on any atom is 0.141 e. The summed E-state index contributed by atoms with van der Waals surface area (Å²) in [4.78, 5) is 0. The minimum absolute atomic E-state index is 0.306. The lowest BCUT2D eigenvalue weighted by Gasteiger charge is -2.25. The third kappa shape index (κ3) is 2.69. The van der Waals surface area contributed by atoms with Gasteiger partial charge in [-0.1, -0.05) is 17.7 Å². The van der Waals surface area contributed by atoms with Crippen molar-refractivity contribution < 1.29 is 4.74 Å². The van der Waals surface area contributed by atoms with Crippen LogP contribution in [0.2, 0.25) is 5.02 Å². The molecule has 3 heteroatoms. The Morgan fingerprint density at radius 3 is 2.56 bits per heavy atom. The molecule has 2 nitrogen and oxygen atoms in total. The molecule has 0 unspecified atom stereocenters. The average molecular weight is 240 g/mol. The molecule has 0 aromatic heterocycles. The lowest BCUT2D eigenvalue weighted by Crippen LogP contribution is -2.34. The predicted molar refractivity (Wildman–Crippen MR) is 67.4 cm³/mol. The molecule has 1 heterocycles. The van der Waals surface area contributed by atoms with E-state index in [4.69, 9.17) is 16.3 Å². The number of nitrogens with one attached hydrogen (secondary N) is 1. The van der Waals surface area contributed by atoms with Crippen LogP contribution < -0.4 is 10.1 Å². The maximum absolute atomic E-state index is 6.21. The van der Waals surface area contributed by atoms with Crippen LogP contribution >= 0.6 is 11.6 Å². The first kappa shape index (κ1) is 11.7. The van der Waals surface area contributed by atoms with E-state index < -0.39 is 0 Å². The number of ether oxygens (including phenoxy) is 1. The molecule has 0 saturated carbocycles. The van der Waals surface area contributed by atoms with Crippen LogP contribution in [0.15, 0.2) is 12.1 Å². The highest BCUT2D eigenvalue weighted by molar-refractivity contribution is 6.32. The largest absolute Gasteiger partial charge is 0.488 e. The van der Waals surface area contributed by atoms with Crippen LogP contribution in [0, 0.1) is 13.8 Å². The van der Waals surface area contributed by atoms with Crippen LogP contribution in [-0.4, -0.2) is 19.2 Å². The van der Waals surface area contributed by atoms with Crippen molar-refractivity contribution in [3.63, 3.8) is 0 Å². The lowest BCUT2D eigenvalue weighted by atomic mass is 10.1. The fourth-order valence-corrected chi connectivity index (χ4v) is 2.50. The van der Waals surface area contributed by atoms with Gasteiger partial charge < -0.3 is 10.1 Å². The Morgan fingerprint density at radius 1 is 1.25 bits per heavy atom. The number of benzene rings is 1. The molecule has 0 amide bonds. The van der Waals surface area contributed by atoms with Gasteiger partial charge in [-0.25, -0.2) is 0 Å². The van der Waals surface area contributed by atoms with Crippen molar-refractivity contribution >= 4 is 11.6 Å². The van der Waals surface area contributed by atoms with E-state index in [1.807, 2.05) is 13.0 Å². The zero-order chi connectivity index (χ0) is 11.5. The molecule has 1 N–H and O–H groups in total. The fourth-order valence-electron chi connectivity index (χ4n) is 2.13. The van der Waals surface area contributed by atoms with Gasteiger partial charge >= 0.3 is 0 Å². The van der Waals surface area contributed by atoms with E-state index in [1.54, 1.807) is 0 Å². The van der Waals surface area contributed by atoms with Gasteiger partial charge in [-0.3, -0.25) is 0 Å². The monoisotopic (exact) mass is 239 g/mol. The Bertz CT molecular complexity index is 349.